The molecule has 148 valence electrons. The highest BCUT2D eigenvalue weighted by Gasteiger charge is 2.39. The first-order valence-corrected chi connectivity index (χ1v) is 8.76. The van der Waals surface area contributed by atoms with Crippen LogP contribution in [0.3, 0.4) is 0 Å². The van der Waals surface area contributed by atoms with Crippen molar-refractivity contribution < 1.29 is 29.4 Å². The maximum absolute atomic E-state index is 12.1. The number of rotatable bonds is 10. The van der Waals surface area contributed by atoms with Crippen molar-refractivity contribution in [2.75, 3.05) is 12.3 Å². The molecule has 0 aliphatic rings. The molecule has 6 N–H and O–H groups in total. The van der Waals surface area contributed by atoms with Gasteiger partial charge in [0.1, 0.15) is 12.6 Å². The second kappa shape index (κ2) is 10.1. The third kappa shape index (κ3) is 6.41. The molecule has 10 nitrogen and oxygen atoms in total. The number of carbonyl (C=O) groups excluding carboxylic acids is 2. The molecule has 12 heteroatoms. The lowest BCUT2D eigenvalue weighted by atomic mass is 9.90. The van der Waals surface area contributed by atoms with E-state index in [0.717, 1.165) is 0 Å². The zero-order valence-corrected chi connectivity index (χ0v) is 15.9. The summed E-state index contributed by atoms with van der Waals surface area (Å²) in [7, 11) is 0. The molecule has 1 aromatic rings. The standard InChI is InChI=1S/C15H20N4O6S2/c16-15(14(24)25,12-9(27)2-1-5-17-12)4-3-10(20)19-8(7-26)13(23)18-6-11(21)22/h1-2,5,8,26-27H,3-4,6-7,16H2,(H,18,23)(H,19,20)(H,21,22)(H,24,25). The fourth-order valence-electron chi connectivity index (χ4n) is 2.12. The predicted molar refractivity (Wildman–Crippen MR) is 101 cm³/mol. The summed E-state index contributed by atoms with van der Waals surface area (Å²) >= 11 is 8.09. The van der Waals surface area contributed by atoms with Crippen molar-refractivity contribution in [1.29, 1.82) is 0 Å². The van der Waals surface area contributed by atoms with E-state index in [0.29, 0.717) is 0 Å². The Kier molecular flexibility index (Phi) is 8.53. The average Bonchev–Trinajstić information content (AvgIpc) is 2.62. The lowest BCUT2D eigenvalue weighted by molar-refractivity contribution is -0.144. The van der Waals surface area contributed by atoms with Gasteiger partial charge in [0.25, 0.3) is 0 Å². The molecule has 0 spiro atoms. The molecule has 2 amide bonds. The average molecular weight is 416 g/mol. The van der Waals surface area contributed by atoms with E-state index in [4.69, 9.17) is 10.8 Å². The molecular formula is C15H20N4O6S2. The van der Waals surface area contributed by atoms with E-state index in [1.807, 2.05) is 0 Å². The number of thiol groups is 2. The Morgan fingerprint density at radius 3 is 2.48 bits per heavy atom. The molecule has 0 radical (unpaired) electrons. The minimum Gasteiger partial charge on any atom is -0.480 e. The quantitative estimate of drug-likeness (QED) is 0.238. The molecule has 0 saturated carbocycles. The number of hydrogen-bond donors (Lipinski definition) is 7. The molecule has 1 aromatic heterocycles. The molecule has 2 atom stereocenters. The van der Waals surface area contributed by atoms with Gasteiger partial charge in [0, 0.05) is 23.3 Å². The van der Waals surface area contributed by atoms with E-state index in [1.165, 1.54) is 12.3 Å². The van der Waals surface area contributed by atoms with E-state index < -0.39 is 41.9 Å². The van der Waals surface area contributed by atoms with E-state index in [1.54, 1.807) is 6.07 Å². The summed E-state index contributed by atoms with van der Waals surface area (Å²) in [6.45, 7) is -0.603. The number of amides is 2. The van der Waals surface area contributed by atoms with Gasteiger partial charge in [0.15, 0.2) is 5.54 Å². The third-order valence-electron chi connectivity index (χ3n) is 3.59. The highest BCUT2D eigenvalue weighted by atomic mass is 32.1. The maximum Gasteiger partial charge on any atom is 0.330 e. The van der Waals surface area contributed by atoms with Crippen LogP contribution in [-0.4, -0.2) is 57.3 Å². The summed E-state index contributed by atoms with van der Waals surface area (Å²) in [5, 5.41) is 22.5. The summed E-state index contributed by atoms with van der Waals surface area (Å²) in [5.74, 6) is -4.06. The van der Waals surface area contributed by atoms with Gasteiger partial charge in [-0.3, -0.25) is 19.4 Å². The second-order valence-electron chi connectivity index (χ2n) is 5.56. The molecular weight excluding hydrogens is 396 g/mol. The van der Waals surface area contributed by atoms with Crippen LogP contribution in [0.4, 0.5) is 0 Å². The number of nitrogens with one attached hydrogen (secondary N) is 2. The van der Waals surface area contributed by atoms with Crippen molar-refractivity contribution in [2.24, 2.45) is 5.73 Å². The minimum atomic E-state index is -1.95. The zero-order valence-electron chi connectivity index (χ0n) is 14.1. The van der Waals surface area contributed by atoms with Crippen LogP contribution in [0.1, 0.15) is 18.5 Å². The van der Waals surface area contributed by atoms with Crippen molar-refractivity contribution in [3.63, 3.8) is 0 Å². The van der Waals surface area contributed by atoms with E-state index in [-0.39, 0.29) is 29.2 Å². The van der Waals surface area contributed by atoms with Gasteiger partial charge in [-0.15, -0.1) is 12.6 Å². The Balaban J connectivity index is 2.77. The monoisotopic (exact) mass is 416 g/mol. The number of nitrogens with two attached hydrogens (primary N) is 1. The van der Waals surface area contributed by atoms with Crippen LogP contribution in [0.2, 0.25) is 0 Å². The second-order valence-corrected chi connectivity index (χ2v) is 6.41. The van der Waals surface area contributed by atoms with Crippen molar-refractivity contribution in [3.8, 4) is 0 Å². The van der Waals surface area contributed by atoms with Gasteiger partial charge in [-0.2, -0.15) is 12.6 Å². The van der Waals surface area contributed by atoms with E-state index in [2.05, 4.69) is 40.9 Å². The highest BCUT2D eigenvalue weighted by molar-refractivity contribution is 7.80. The van der Waals surface area contributed by atoms with Gasteiger partial charge in [-0.25, -0.2) is 4.79 Å². The number of nitrogens with zero attached hydrogens (tertiary/aromatic N) is 1. The summed E-state index contributed by atoms with van der Waals surface area (Å²) in [6.07, 6.45) is 0.751. The van der Waals surface area contributed by atoms with Crippen LogP contribution in [-0.2, 0) is 24.7 Å². The smallest absolute Gasteiger partial charge is 0.330 e. The minimum absolute atomic E-state index is 0.0126. The van der Waals surface area contributed by atoms with Crippen LogP contribution in [0, 0.1) is 0 Å². The van der Waals surface area contributed by atoms with Gasteiger partial charge >= 0.3 is 11.9 Å². The molecule has 27 heavy (non-hydrogen) atoms. The Morgan fingerprint density at radius 1 is 1.30 bits per heavy atom. The Labute approximate surface area is 165 Å². The van der Waals surface area contributed by atoms with Crippen molar-refractivity contribution in [1.82, 2.24) is 15.6 Å². The van der Waals surface area contributed by atoms with Crippen molar-refractivity contribution in [2.45, 2.75) is 29.3 Å². The van der Waals surface area contributed by atoms with Crippen molar-refractivity contribution in [3.05, 3.63) is 24.0 Å². The Hall–Kier alpha value is -2.31. The molecule has 0 aliphatic heterocycles. The van der Waals surface area contributed by atoms with Crippen LogP contribution in [0.25, 0.3) is 0 Å². The van der Waals surface area contributed by atoms with E-state index >= 15 is 0 Å². The summed E-state index contributed by atoms with van der Waals surface area (Å²) < 4.78 is 0. The first kappa shape index (κ1) is 22.7. The number of aliphatic carboxylic acids is 2. The fraction of sp³-hybridized carbons (Fsp3) is 0.400. The lowest BCUT2D eigenvalue weighted by Crippen LogP contribution is -2.50. The first-order valence-electron chi connectivity index (χ1n) is 7.68. The molecule has 0 saturated heterocycles. The number of hydrogen-bond acceptors (Lipinski definition) is 8. The van der Waals surface area contributed by atoms with Gasteiger partial charge in [-0.1, -0.05) is 0 Å². The van der Waals surface area contributed by atoms with Crippen LogP contribution >= 0.6 is 25.3 Å². The van der Waals surface area contributed by atoms with Gasteiger partial charge in [0.2, 0.25) is 11.8 Å². The zero-order chi connectivity index (χ0) is 20.6. The molecule has 0 aromatic carbocycles. The maximum atomic E-state index is 12.1. The van der Waals surface area contributed by atoms with Crippen LogP contribution in [0.5, 0.6) is 0 Å². The predicted octanol–water partition coefficient (Wildman–Crippen LogP) is -0.995. The molecule has 1 rings (SSSR count). The number of carboxylic acids is 2. The van der Waals surface area contributed by atoms with Gasteiger partial charge < -0.3 is 26.6 Å². The Morgan fingerprint density at radius 2 is 1.96 bits per heavy atom. The van der Waals surface area contributed by atoms with Gasteiger partial charge in [0.05, 0.1) is 5.69 Å². The SMILES string of the molecule is NC(CCC(=O)NC(CS)C(=O)NCC(=O)O)(C(=O)O)c1ncccc1S. The number of carboxylic acid groups (broad SMARTS) is 2. The van der Waals surface area contributed by atoms with Crippen LogP contribution < -0.4 is 16.4 Å². The van der Waals surface area contributed by atoms with Crippen LogP contribution in [0.15, 0.2) is 23.2 Å². The molecule has 0 bridgehead atoms. The van der Waals surface area contributed by atoms with Crippen molar-refractivity contribution >= 4 is 49.0 Å². The highest BCUT2D eigenvalue weighted by Crippen LogP contribution is 2.27. The Bertz CT molecular complexity index is 732. The lowest BCUT2D eigenvalue weighted by Gasteiger charge is -2.25. The number of pyridine rings is 1. The topological polar surface area (TPSA) is 172 Å². The number of aromatic nitrogens is 1. The van der Waals surface area contributed by atoms with E-state index in [9.17, 15) is 24.3 Å². The number of carbonyl (C=O) groups is 4. The normalized spacial score (nSPS) is 13.9. The molecule has 0 fully saturated rings. The molecule has 1 heterocycles. The summed E-state index contributed by atoms with van der Waals surface area (Å²) in [4.78, 5) is 50.3. The largest absolute Gasteiger partial charge is 0.480 e. The summed E-state index contributed by atoms with van der Waals surface area (Å²) in [6, 6.07) is 2.01. The fourth-order valence-corrected chi connectivity index (χ4v) is 2.72. The molecule has 2 unspecified atom stereocenters. The van der Waals surface area contributed by atoms with Gasteiger partial charge in [-0.05, 0) is 18.6 Å². The first-order chi connectivity index (χ1) is 12.6. The summed E-state index contributed by atoms with van der Waals surface area (Å²) in [5.41, 5.74) is 4.03. The third-order valence-corrected chi connectivity index (χ3v) is 4.31. The molecule has 0 aliphatic carbocycles.